The molecule has 0 fully saturated rings. The number of fused-ring (bicyclic) bond motifs is 1. The maximum atomic E-state index is 14.1. The van der Waals surface area contributed by atoms with Crippen LogP contribution in [0.3, 0.4) is 0 Å². The van der Waals surface area contributed by atoms with Crippen molar-refractivity contribution in [1.82, 2.24) is 19.5 Å². The largest absolute Gasteiger partial charge is 0.493 e. The van der Waals surface area contributed by atoms with Gasteiger partial charge in [0.2, 0.25) is 11.6 Å². The lowest BCUT2D eigenvalue weighted by atomic mass is 9.97. The Kier molecular flexibility index (Phi) is 9.79. The topological polar surface area (TPSA) is 124 Å². The number of pyridine rings is 4. The van der Waals surface area contributed by atoms with Crippen molar-refractivity contribution in [1.29, 1.82) is 0 Å². The second kappa shape index (κ2) is 13.7. The van der Waals surface area contributed by atoms with Crippen LogP contribution in [0.15, 0.2) is 78.0 Å². The number of rotatable bonds is 10. The number of ether oxygens (including phenoxy) is 5. The molecule has 0 radical (unpaired) electrons. The third kappa shape index (κ3) is 6.21. The van der Waals surface area contributed by atoms with Crippen molar-refractivity contribution in [3.05, 3.63) is 100 Å². The lowest BCUT2D eigenvalue weighted by molar-refractivity contribution is 0.0588. The van der Waals surface area contributed by atoms with E-state index in [-0.39, 0.29) is 42.6 Å². The van der Waals surface area contributed by atoms with Gasteiger partial charge in [-0.25, -0.2) is 9.78 Å². The SMILES string of the molecule is COC(=O)c1c(-c2cc(OC)c(OC)c(OC)c2)c2ccc(OCc3ccccn3)nc2c(=O)n1Cc1ccncc1.Cl. The van der Waals surface area contributed by atoms with E-state index in [1.807, 2.05) is 18.2 Å². The molecule has 11 nitrogen and oxygen atoms in total. The Morgan fingerprint density at radius 1 is 0.884 bits per heavy atom. The van der Waals surface area contributed by atoms with E-state index in [4.69, 9.17) is 23.7 Å². The van der Waals surface area contributed by atoms with Crippen molar-refractivity contribution >= 4 is 29.3 Å². The third-order valence-electron chi connectivity index (χ3n) is 6.61. The van der Waals surface area contributed by atoms with Gasteiger partial charge in [-0.2, -0.15) is 0 Å². The Morgan fingerprint density at radius 3 is 2.21 bits per heavy atom. The molecule has 43 heavy (non-hydrogen) atoms. The lowest BCUT2D eigenvalue weighted by Gasteiger charge is -2.20. The van der Waals surface area contributed by atoms with E-state index in [0.717, 1.165) is 5.56 Å². The minimum absolute atomic E-state index is 0. The van der Waals surface area contributed by atoms with Crippen molar-refractivity contribution in [3.8, 4) is 34.3 Å². The van der Waals surface area contributed by atoms with Crippen LogP contribution in [0.1, 0.15) is 21.7 Å². The minimum atomic E-state index is -0.706. The lowest BCUT2D eigenvalue weighted by Crippen LogP contribution is -2.29. The maximum absolute atomic E-state index is 14.1. The number of nitrogens with zero attached hydrogens (tertiary/aromatic N) is 4. The minimum Gasteiger partial charge on any atom is -0.493 e. The van der Waals surface area contributed by atoms with Crippen LogP contribution in [-0.4, -0.2) is 53.9 Å². The first kappa shape index (κ1) is 30.8. The normalized spacial score (nSPS) is 10.5. The van der Waals surface area contributed by atoms with Gasteiger partial charge < -0.3 is 23.7 Å². The zero-order chi connectivity index (χ0) is 29.6. The number of halogens is 1. The van der Waals surface area contributed by atoms with Crippen LogP contribution >= 0.6 is 12.4 Å². The van der Waals surface area contributed by atoms with E-state index >= 15 is 0 Å². The van der Waals surface area contributed by atoms with Gasteiger partial charge >= 0.3 is 5.97 Å². The summed E-state index contributed by atoms with van der Waals surface area (Å²) in [5.41, 5.74) is 1.99. The molecule has 0 saturated carbocycles. The van der Waals surface area contributed by atoms with Crippen molar-refractivity contribution in [3.63, 3.8) is 0 Å². The molecule has 5 rings (SSSR count). The van der Waals surface area contributed by atoms with Crippen LogP contribution in [0.25, 0.3) is 22.0 Å². The van der Waals surface area contributed by atoms with E-state index in [1.54, 1.807) is 55.0 Å². The van der Waals surface area contributed by atoms with E-state index in [1.165, 1.54) is 33.0 Å². The van der Waals surface area contributed by atoms with Crippen LogP contribution in [-0.2, 0) is 17.9 Å². The van der Waals surface area contributed by atoms with E-state index in [2.05, 4.69) is 15.0 Å². The highest BCUT2D eigenvalue weighted by molar-refractivity contribution is 6.06. The van der Waals surface area contributed by atoms with Gasteiger partial charge in [0.15, 0.2) is 11.5 Å². The number of hydrogen-bond donors (Lipinski definition) is 0. The molecule has 0 aliphatic heterocycles. The van der Waals surface area contributed by atoms with Crippen molar-refractivity contribution in [2.45, 2.75) is 13.2 Å². The van der Waals surface area contributed by atoms with Crippen LogP contribution < -0.4 is 24.5 Å². The molecule has 222 valence electrons. The number of aromatic nitrogens is 4. The first-order chi connectivity index (χ1) is 20.5. The van der Waals surface area contributed by atoms with Crippen LogP contribution in [0.2, 0.25) is 0 Å². The van der Waals surface area contributed by atoms with Gasteiger partial charge in [-0.1, -0.05) is 6.07 Å². The summed E-state index contributed by atoms with van der Waals surface area (Å²) in [7, 11) is 5.76. The highest BCUT2D eigenvalue weighted by Crippen LogP contribution is 2.43. The van der Waals surface area contributed by atoms with Gasteiger partial charge in [-0.05, 0) is 53.6 Å². The van der Waals surface area contributed by atoms with E-state index < -0.39 is 11.5 Å². The summed E-state index contributed by atoms with van der Waals surface area (Å²) >= 11 is 0. The molecule has 12 heteroatoms. The van der Waals surface area contributed by atoms with Crippen molar-refractivity contribution in [2.24, 2.45) is 0 Å². The number of benzene rings is 1. The Labute approximate surface area is 253 Å². The molecule has 0 aliphatic rings. The van der Waals surface area contributed by atoms with Crippen LogP contribution in [0.5, 0.6) is 23.1 Å². The van der Waals surface area contributed by atoms with Crippen molar-refractivity contribution in [2.75, 3.05) is 28.4 Å². The van der Waals surface area contributed by atoms with Crippen LogP contribution in [0.4, 0.5) is 0 Å². The second-order valence-electron chi connectivity index (χ2n) is 9.03. The molecule has 4 heterocycles. The zero-order valence-electron chi connectivity index (χ0n) is 23.9. The highest BCUT2D eigenvalue weighted by atomic mass is 35.5. The fraction of sp³-hybridized carbons (Fsp3) is 0.194. The molecule has 0 saturated heterocycles. The maximum Gasteiger partial charge on any atom is 0.355 e. The van der Waals surface area contributed by atoms with Crippen LogP contribution in [0, 0.1) is 0 Å². The Morgan fingerprint density at radius 2 is 1.60 bits per heavy atom. The highest BCUT2D eigenvalue weighted by Gasteiger charge is 2.27. The van der Waals surface area contributed by atoms with Gasteiger partial charge in [0, 0.05) is 35.6 Å². The predicted octanol–water partition coefficient (Wildman–Crippen LogP) is 4.72. The molecular weight excluding hydrogens is 576 g/mol. The molecule has 5 aromatic rings. The molecular formula is C31H29ClN4O7. The summed E-state index contributed by atoms with van der Waals surface area (Å²) in [5.74, 6) is 0.628. The predicted molar refractivity (Wildman–Crippen MR) is 162 cm³/mol. The molecule has 0 unspecified atom stereocenters. The molecule has 0 amide bonds. The first-order valence-corrected chi connectivity index (χ1v) is 12.9. The van der Waals surface area contributed by atoms with Gasteiger partial charge in [-0.15, -0.1) is 12.4 Å². The standard InChI is InChI=1S/C31H28N4O7.ClH/c1-38-23-15-20(16-24(39-2)29(23)40-3)26-22-8-9-25(42-18-21-7-5-6-12-33-21)34-27(22)30(36)35(28(26)31(37)41-4)17-19-10-13-32-14-11-19;/h5-16H,17-18H2,1-4H3;1H. The first-order valence-electron chi connectivity index (χ1n) is 12.9. The molecule has 0 atom stereocenters. The zero-order valence-corrected chi connectivity index (χ0v) is 24.7. The number of carbonyl (C=O) groups is 1. The molecule has 0 aliphatic carbocycles. The fourth-order valence-electron chi connectivity index (χ4n) is 4.66. The average Bonchev–Trinajstić information content (AvgIpc) is 3.04. The summed E-state index contributed by atoms with van der Waals surface area (Å²) < 4.78 is 29.1. The van der Waals surface area contributed by atoms with E-state index in [9.17, 15) is 9.59 Å². The quantitative estimate of drug-likeness (QED) is 0.207. The molecule has 0 bridgehead atoms. The number of methoxy groups -OCH3 is 4. The summed E-state index contributed by atoms with van der Waals surface area (Å²) in [5, 5.41) is 0.408. The summed E-state index contributed by atoms with van der Waals surface area (Å²) in [6.07, 6.45) is 4.89. The Bertz CT molecular complexity index is 1770. The molecule has 0 spiro atoms. The smallest absolute Gasteiger partial charge is 0.355 e. The summed E-state index contributed by atoms with van der Waals surface area (Å²) in [6, 6.07) is 15.8. The van der Waals surface area contributed by atoms with Gasteiger partial charge in [0.25, 0.3) is 5.56 Å². The number of hydrogen-bond acceptors (Lipinski definition) is 10. The monoisotopic (exact) mass is 604 g/mol. The second-order valence-corrected chi connectivity index (χ2v) is 9.03. The van der Waals surface area contributed by atoms with Crippen molar-refractivity contribution < 1.29 is 28.5 Å². The Balaban J connectivity index is 0.00000423. The summed E-state index contributed by atoms with van der Waals surface area (Å²) in [4.78, 5) is 40.4. The molecule has 1 aromatic carbocycles. The Hall–Kier alpha value is -5.16. The average molecular weight is 605 g/mol. The summed E-state index contributed by atoms with van der Waals surface area (Å²) in [6.45, 7) is 0.213. The number of esters is 1. The van der Waals surface area contributed by atoms with Gasteiger partial charge in [0.1, 0.15) is 17.8 Å². The molecule has 0 N–H and O–H groups in total. The van der Waals surface area contributed by atoms with Gasteiger partial charge in [0.05, 0.1) is 40.7 Å². The fourth-order valence-corrected chi connectivity index (χ4v) is 4.66. The third-order valence-corrected chi connectivity index (χ3v) is 6.61. The van der Waals surface area contributed by atoms with E-state index in [0.29, 0.717) is 39.5 Å². The number of carbonyl (C=O) groups excluding carboxylic acids is 1. The molecule has 4 aromatic heterocycles. The van der Waals surface area contributed by atoms with Gasteiger partial charge in [-0.3, -0.25) is 19.3 Å².